The Morgan fingerprint density at radius 3 is 2.76 bits per heavy atom. The fraction of sp³-hybridized carbons (Fsp3) is 0.529. The highest BCUT2D eigenvalue weighted by atomic mass is 16.5. The van der Waals surface area contributed by atoms with Crippen LogP contribution in [0, 0.1) is 18.3 Å². The van der Waals surface area contributed by atoms with Gasteiger partial charge in [0.25, 0.3) is 5.91 Å². The first kappa shape index (κ1) is 15.4. The van der Waals surface area contributed by atoms with Crippen molar-refractivity contribution in [2.45, 2.75) is 58.1 Å². The van der Waals surface area contributed by atoms with E-state index in [0.717, 1.165) is 18.4 Å². The molecule has 112 valence electrons. The van der Waals surface area contributed by atoms with Crippen LogP contribution in [-0.2, 0) is 4.79 Å². The van der Waals surface area contributed by atoms with Crippen LogP contribution >= 0.6 is 0 Å². The van der Waals surface area contributed by atoms with Gasteiger partial charge in [-0.1, -0.05) is 25.3 Å². The van der Waals surface area contributed by atoms with E-state index in [1.165, 1.54) is 19.3 Å². The third-order valence-electron chi connectivity index (χ3n) is 3.94. The maximum atomic E-state index is 12.2. The molecular formula is C17H22N2O2. The molecule has 4 heteroatoms. The smallest absolute Gasteiger partial charge is 0.260 e. The van der Waals surface area contributed by atoms with E-state index in [2.05, 4.69) is 11.4 Å². The van der Waals surface area contributed by atoms with Crippen LogP contribution in [-0.4, -0.2) is 18.1 Å². The van der Waals surface area contributed by atoms with Gasteiger partial charge in [-0.25, -0.2) is 0 Å². The summed E-state index contributed by atoms with van der Waals surface area (Å²) in [5.41, 5.74) is 1.46. The molecule has 1 saturated carbocycles. The highest BCUT2D eigenvalue weighted by molar-refractivity contribution is 5.81. The minimum absolute atomic E-state index is 0.0799. The Morgan fingerprint density at radius 2 is 2.10 bits per heavy atom. The lowest BCUT2D eigenvalue weighted by Gasteiger charge is -2.25. The molecule has 1 fully saturated rings. The van der Waals surface area contributed by atoms with Crippen molar-refractivity contribution >= 4 is 5.91 Å². The van der Waals surface area contributed by atoms with Gasteiger partial charge in [0.2, 0.25) is 0 Å². The summed E-state index contributed by atoms with van der Waals surface area (Å²) in [6.45, 7) is 3.65. The van der Waals surface area contributed by atoms with Crippen molar-refractivity contribution < 1.29 is 9.53 Å². The topological polar surface area (TPSA) is 62.1 Å². The van der Waals surface area contributed by atoms with Gasteiger partial charge < -0.3 is 10.1 Å². The van der Waals surface area contributed by atoms with Gasteiger partial charge >= 0.3 is 0 Å². The van der Waals surface area contributed by atoms with Gasteiger partial charge in [-0.3, -0.25) is 4.79 Å². The standard InChI is InChI=1S/C17H22N2O2/c1-12-8-9-14(11-18)10-16(12)21-13(2)17(20)19-15-6-4-3-5-7-15/h8-10,13,15H,3-7H2,1-2H3,(H,19,20). The highest BCUT2D eigenvalue weighted by Gasteiger charge is 2.21. The van der Waals surface area contributed by atoms with Crippen LogP contribution in [0.25, 0.3) is 0 Å². The number of hydrogen-bond acceptors (Lipinski definition) is 3. The van der Waals surface area contributed by atoms with E-state index < -0.39 is 6.10 Å². The van der Waals surface area contributed by atoms with Crippen LogP contribution in [0.4, 0.5) is 0 Å². The number of rotatable bonds is 4. The highest BCUT2D eigenvalue weighted by Crippen LogP contribution is 2.21. The maximum Gasteiger partial charge on any atom is 0.260 e. The van der Waals surface area contributed by atoms with Gasteiger partial charge in [0.05, 0.1) is 11.6 Å². The Kier molecular flexibility index (Phi) is 5.21. The van der Waals surface area contributed by atoms with Gasteiger partial charge in [-0.15, -0.1) is 0 Å². The summed E-state index contributed by atoms with van der Waals surface area (Å²) in [7, 11) is 0. The average Bonchev–Trinajstić information content (AvgIpc) is 2.50. The van der Waals surface area contributed by atoms with Gasteiger partial charge in [-0.05, 0) is 44.4 Å². The second kappa shape index (κ2) is 7.12. The minimum Gasteiger partial charge on any atom is -0.481 e. The normalized spacial score (nSPS) is 16.8. The summed E-state index contributed by atoms with van der Waals surface area (Å²) in [6, 6.07) is 7.62. The zero-order valence-electron chi connectivity index (χ0n) is 12.7. The molecule has 4 nitrogen and oxygen atoms in total. The number of amides is 1. The first-order valence-corrected chi connectivity index (χ1v) is 7.58. The number of aryl methyl sites for hydroxylation is 1. The number of carbonyl (C=O) groups excluding carboxylic acids is 1. The van der Waals surface area contributed by atoms with E-state index in [1.54, 1.807) is 19.1 Å². The number of carbonyl (C=O) groups is 1. The van der Waals surface area contributed by atoms with Gasteiger partial charge in [0.1, 0.15) is 5.75 Å². The Bertz CT molecular complexity index is 542. The zero-order chi connectivity index (χ0) is 15.2. The van der Waals surface area contributed by atoms with Crippen molar-refractivity contribution in [3.8, 4) is 11.8 Å². The predicted molar refractivity (Wildman–Crippen MR) is 81.0 cm³/mol. The van der Waals surface area contributed by atoms with E-state index in [4.69, 9.17) is 10.00 Å². The first-order valence-electron chi connectivity index (χ1n) is 7.58. The van der Waals surface area contributed by atoms with Crippen LogP contribution < -0.4 is 10.1 Å². The Morgan fingerprint density at radius 1 is 1.38 bits per heavy atom. The molecule has 0 radical (unpaired) electrons. The third-order valence-corrected chi connectivity index (χ3v) is 3.94. The second-order valence-corrected chi connectivity index (χ2v) is 5.70. The number of nitriles is 1. The molecule has 1 aliphatic rings. The molecule has 21 heavy (non-hydrogen) atoms. The molecule has 2 rings (SSSR count). The monoisotopic (exact) mass is 286 g/mol. The summed E-state index contributed by atoms with van der Waals surface area (Å²) >= 11 is 0. The Hall–Kier alpha value is -2.02. The Labute approximate surface area is 126 Å². The van der Waals surface area contributed by atoms with Crippen LogP contribution in [0.1, 0.15) is 50.2 Å². The molecule has 0 heterocycles. The van der Waals surface area contributed by atoms with E-state index >= 15 is 0 Å². The number of ether oxygens (including phenoxy) is 1. The van der Waals surface area contributed by atoms with Crippen LogP contribution in [0.15, 0.2) is 18.2 Å². The molecule has 0 bridgehead atoms. The number of benzene rings is 1. The van der Waals surface area contributed by atoms with Crippen molar-refractivity contribution in [2.24, 2.45) is 0 Å². The van der Waals surface area contributed by atoms with Crippen molar-refractivity contribution in [1.29, 1.82) is 5.26 Å². The summed E-state index contributed by atoms with van der Waals surface area (Å²) in [5, 5.41) is 12.0. The molecule has 0 spiro atoms. The van der Waals surface area contributed by atoms with E-state index in [-0.39, 0.29) is 11.9 Å². The predicted octanol–water partition coefficient (Wildman–Crippen LogP) is 3.08. The molecule has 1 N–H and O–H groups in total. The lowest BCUT2D eigenvalue weighted by atomic mass is 9.95. The van der Waals surface area contributed by atoms with Crippen LogP contribution in [0.5, 0.6) is 5.75 Å². The second-order valence-electron chi connectivity index (χ2n) is 5.70. The largest absolute Gasteiger partial charge is 0.481 e. The summed E-state index contributed by atoms with van der Waals surface area (Å²) in [6.07, 6.45) is 5.19. The van der Waals surface area contributed by atoms with Crippen molar-refractivity contribution in [2.75, 3.05) is 0 Å². The lowest BCUT2D eigenvalue weighted by molar-refractivity contribution is -0.128. The molecule has 0 aromatic heterocycles. The summed E-state index contributed by atoms with van der Waals surface area (Å²) < 4.78 is 5.73. The van der Waals surface area contributed by atoms with Gasteiger partial charge in [0, 0.05) is 6.04 Å². The van der Waals surface area contributed by atoms with Crippen molar-refractivity contribution in [3.63, 3.8) is 0 Å². The van der Waals surface area contributed by atoms with Gasteiger partial charge in [0.15, 0.2) is 6.10 Å². The quantitative estimate of drug-likeness (QED) is 0.925. The molecule has 1 aromatic rings. The average molecular weight is 286 g/mol. The summed E-state index contributed by atoms with van der Waals surface area (Å²) in [5.74, 6) is 0.518. The molecule has 0 aliphatic heterocycles. The molecular weight excluding hydrogens is 264 g/mol. The molecule has 1 amide bonds. The van der Waals surface area contributed by atoms with E-state index in [9.17, 15) is 4.79 Å². The molecule has 0 saturated heterocycles. The maximum absolute atomic E-state index is 12.2. The minimum atomic E-state index is -0.556. The molecule has 1 aromatic carbocycles. The summed E-state index contributed by atoms with van der Waals surface area (Å²) in [4.78, 5) is 12.2. The number of hydrogen-bond donors (Lipinski definition) is 1. The van der Waals surface area contributed by atoms with E-state index in [0.29, 0.717) is 11.3 Å². The SMILES string of the molecule is Cc1ccc(C#N)cc1OC(C)C(=O)NC1CCCCC1. The molecule has 1 unspecified atom stereocenters. The number of nitrogens with one attached hydrogen (secondary N) is 1. The van der Waals surface area contributed by atoms with E-state index in [1.807, 2.05) is 13.0 Å². The fourth-order valence-corrected chi connectivity index (χ4v) is 2.61. The van der Waals surface area contributed by atoms with Gasteiger partial charge in [-0.2, -0.15) is 5.26 Å². The zero-order valence-corrected chi connectivity index (χ0v) is 12.7. The van der Waals surface area contributed by atoms with Crippen LogP contribution in [0.3, 0.4) is 0 Å². The molecule has 1 atom stereocenters. The fourth-order valence-electron chi connectivity index (χ4n) is 2.61. The third kappa shape index (κ3) is 4.22. The van der Waals surface area contributed by atoms with Crippen LogP contribution in [0.2, 0.25) is 0 Å². The first-order chi connectivity index (χ1) is 10.1. The van der Waals surface area contributed by atoms with Crippen molar-refractivity contribution in [3.05, 3.63) is 29.3 Å². The number of nitrogens with zero attached hydrogens (tertiary/aromatic N) is 1. The van der Waals surface area contributed by atoms with Crippen molar-refractivity contribution in [1.82, 2.24) is 5.32 Å². The lowest BCUT2D eigenvalue weighted by Crippen LogP contribution is -2.43. The Balaban J connectivity index is 1.95. The molecule has 1 aliphatic carbocycles.